The first-order chi connectivity index (χ1) is 17.6. The van der Waals surface area contributed by atoms with Gasteiger partial charge in [0, 0.05) is 16.6 Å². The van der Waals surface area contributed by atoms with Gasteiger partial charge in [0.25, 0.3) is 5.91 Å². The van der Waals surface area contributed by atoms with Crippen LogP contribution < -0.4 is 10.6 Å². The lowest BCUT2D eigenvalue weighted by Crippen LogP contribution is -2.25. The minimum absolute atomic E-state index is 0.104. The third kappa shape index (κ3) is 6.80. The van der Waals surface area contributed by atoms with Crippen LogP contribution in [0.3, 0.4) is 0 Å². The Morgan fingerprint density at radius 2 is 1.92 bits per heavy atom. The molecule has 0 radical (unpaired) electrons. The number of hydrogen-bond acceptors (Lipinski definition) is 7. The number of thioether (sulfide) groups is 1. The summed E-state index contributed by atoms with van der Waals surface area (Å²) in [5, 5.41) is 16.0. The van der Waals surface area contributed by atoms with Crippen LogP contribution in [0.5, 0.6) is 0 Å². The van der Waals surface area contributed by atoms with Gasteiger partial charge in [0.05, 0.1) is 34.1 Å². The molecule has 0 spiro atoms. The second-order valence-electron chi connectivity index (χ2n) is 7.26. The van der Waals surface area contributed by atoms with Crippen LogP contribution in [0.15, 0.2) is 59.2 Å². The smallest absolute Gasteiger partial charge is 0.345 e. The Balaban J connectivity index is 1.59. The molecule has 0 bridgehead atoms. The molecule has 8 nitrogen and oxygen atoms in total. The molecule has 2 heterocycles. The first-order valence-corrected chi connectivity index (χ1v) is 12.9. The Morgan fingerprint density at radius 3 is 2.65 bits per heavy atom. The van der Waals surface area contributed by atoms with E-state index in [0.29, 0.717) is 10.2 Å². The van der Waals surface area contributed by atoms with Gasteiger partial charge in [-0.2, -0.15) is 13.2 Å². The van der Waals surface area contributed by atoms with Gasteiger partial charge in [-0.3, -0.25) is 14.2 Å². The molecule has 0 aliphatic carbocycles. The van der Waals surface area contributed by atoms with Crippen LogP contribution in [0.2, 0.25) is 10.0 Å². The summed E-state index contributed by atoms with van der Waals surface area (Å²) in [6, 6.07) is 8.94. The quantitative estimate of drug-likeness (QED) is 0.256. The Bertz CT molecular complexity index is 1430. The number of halogens is 5. The minimum Gasteiger partial charge on any atom is -0.345 e. The number of aromatic nitrogens is 4. The summed E-state index contributed by atoms with van der Waals surface area (Å²) in [5.41, 5.74) is -0.655. The number of carbonyl (C=O) groups excluding carboxylic acids is 2. The summed E-state index contributed by atoms with van der Waals surface area (Å²) < 4.78 is 41.5. The van der Waals surface area contributed by atoms with Crippen LogP contribution in [0.4, 0.5) is 18.3 Å². The predicted octanol–water partition coefficient (Wildman–Crippen LogP) is 5.71. The molecular formula is C22H15Cl2F3N6O2S2. The van der Waals surface area contributed by atoms with Gasteiger partial charge >= 0.3 is 6.18 Å². The van der Waals surface area contributed by atoms with Gasteiger partial charge in [0.1, 0.15) is 0 Å². The first kappa shape index (κ1) is 26.9. The summed E-state index contributed by atoms with van der Waals surface area (Å²) in [7, 11) is 0. The molecule has 0 aliphatic heterocycles. The number of anilines is 1. The maximum atomic E-state index is 13.4. The van der Waals surface area contributed by atoms with E-state index in [1.54, 1.807) is 5.38 Å². The molecule has 15 heteroatoms. The normalized spacial score (nSPS) is 11.4. The number of nitrogens with zero attached hydrogens (tertiary/aromatic N) is 4. The number of carbonyl (C=O) groups is 2. The van der Waals surface area contributed by atoms with Gasteiger partial charge in [-0.25, -0.2) is 4.98 Å². The van der Waals surface area contributed by atoms with Crippen LogP contribution in [0.1, 0.15) is 21.7 Å². The third-order valence-electron chi connectivity index (χ3n) is 4.72. The highest BCUT2D eigenvalue weighted by atomic mass is 35.5. The molecule has 0 saturated carbocycles. The average molecular weight is 587 g/mol. The van der Waals surface area contributed by atoms with Gasteiger partial charge in [-0.05, 0) is 36.4 Å². The van der Waals surface area contributed by atoms with Crippen molar-refractivity contribution in [2.45, 2.75) is 17.9 Å². The number of nitrogens with one attached hydrogen (secondary N) is 2. The number of alkyl halides is 3. The van der Waals surface area contributed by atoms with Crippen molar-refractivity contribution in [3.63, 3.8) is 0 Å². The van der Waals surface area contributed by atoms with E-state index in [9.17, 15) is 22.8 Å². The average Bonchev–Trinajstić information content (AvgIpc) is 3.52. The highest BCUT2D eigenvalue weighted by Gasteiger charge is 2.31. The topological polar surface area (TPSA) is 102 Å². The van der Waals surface area contributed by atoms with E-state index in [1.165, 1.54) is 52.4 Å². The summed E-state index contributed by atoms with van der Waals surface area (Å²) in [5.74, 6) is -0.929. The largest absolute Gasteiger partial charge is 0.416 e. The predicted molar refractivity (Wildman–Crippen MR) is 135 cm³/mol. The highest BCUT2D eigenvalue weighted by Crippen LogP contribution is 2.32. The zero-order valence-corrected chi connectivity index (χ0v) is 21.6. The summed E-state index contributed by atoms with van der Waals surface area (Å²) in [6.45, 7) is -0.198. The zero-order chi connectivity index (χ0) is 26.6. The molecule has 0 fully saturated rings. The van der Waals surface area contributed by atoms with E-state index < -0.39 is 17.6 Å². The molecular weight excluding hydrogens is 572 g/mol. The van der Waals surface area contributed by atoms with Gasteiger partial charge in [-0.15, -0.1) is 21.5 Å². The molecule has 0 atom stereocenters. The van der Waals surface area contributed by atoms with Crippen molar-refractivity contribution in [3.05, 3.63) is 81.0 Å². The molecule has 4 aromatic rings. The van der Waals surface area contributed by atoms with Crippen LogP contribution in [0, 0.1) is 0 Å². The summed E-state index contributed by atoms with van der Waals surface area (Å²) >= 11 is 14.2. The molecule has 4 rings (SSSR count). The number of benzene rings is 2. The lowest BCUT2D eigenvalue weighted by molar-refractivity contribution is -0.137. The molecule has 192 valence electrons. The van der Waals surface area contributed by atoms with Crippen molar-refractivity contribution in [3.8, 4) is 5.69 Å². The molecule has 37 heavy (non-hydrogen) atoms. The van der Waals surface area contributed by atoms with E-state index in [-0.39, 0.29) is 45.5 Å². The zero-order valence-electron chi connectivity index (χ0n) is 18.4. The molecule has 0 unspecified atom stereocenters. The van der Waals surface area contributed by atoms with E-state index in [1.807, 2.05) is 0 Å². The van der Waals surface area contributed by atoms with Crippen LogP contribution in [-0.4, -0.2) is 37.3 Å². The van der Waals surface area contributed by atoms with E-state index >= 15 is 0 Å². The van der Waals surface area contributed by atoms with Crippen molar-refractivity contribution in [1.29, 1.82) is 0 Å². The van der Waals surface area contributed by atoms with Gasteiger partial charge in [-0.1, -0.05) is 41.0 Å². The van der Waals surface area contributed by atoms with Crippen LogP contribution >= 0.6 is 46.3 Å². The Labute approximate surface area is 226 Å². The number of rotatable bonds is 8. The van der Waals surface area contributed by atoms with Gasteiger partial charge in [0.2, 0.25) is 5.91 Å². The van der Waals surface area contributed by atoms with E-state index in [2.05, 4.69) is 25.8 Å². The summed E-state index contributed by atoms with van der Waals surface area (Å²) in [4.78, 5) is 28.9. The number of amides is 2. The maximum Gasteiger partial charge on any atom is 0.416 e. The molecule has 2 aromatic carbocycles. The fraction of sp³-hybridized carbons (Fsp3) is 0.136. The SMILES string of the molecule is O=C(CSc1nnc(CNC(=O)c2cc(Cl)ccc2Cl)n1-c1cccc(C(F)(F)F)c1)Nc1nccs1. The number of thiazole rings is 1. The van der Waals surface area contributed by atoms with Crippen molar-refractivity contribution in [2.24, 2.45) is 0 Å². The third-order valence-corrected chi connectivity index (χ3v) is 6.91. The van der Waals surface area contributed by atoms with Crippen molar-refractivity contribution >= 4 is 63.2 Å². The van der Waals surface area contributed by atoms with Crippen molar-refractivity contribution < 1.29 is 22.8 Å². The standard InChI is InChI=1S/C22H15Cl2F3N6O2S2/c23-13-4-5-16(24)15(9-13)19(35)29-10-17-31-32-21(37-11-18(34)30-20-28-6-7-36-20)33(17)14-3-1-2-12(8-14)22(25,26)27/h1-9H,10-11H2,(H,29,35)(H,28,30,34). The molecule has 2 aromatic heterocycles. The molecule has 0 aliphatic rings. The molecule has 2 amide bonds. The lowest BCUT2D eigenvalue weighted by Gasteiger charge is -2.13. The Morgan fingerprint density at radius 1 is 1.11 bits per heavy atom. The van der Waals surface area contributed by atoms with Crippen molar-refractivity contribution in [2.75, 3.05) is 11.1 Å². The number of hydrogen-bond donors (Lipinski definition) is 2. The highest BCUT2D eigenvalue weighted by molar-refractivity contribution is 7.99. The van der Waals surface area contributed by atoms with Crippen LogP contribution in [-0.2, 0) is 17.5 Å². The second kappa shape index (κ2) is 11.5. The second-order valence-corrected chi connectivity index (χ2v) is 9.94. The molecule has 2 N–H and O–H groups in total. The van der Waals surface area contributed by atoms with Crippen molar-refractivity contribution in [1.82, 2.24) is 25.1 Å². The van der Waals surface area contributed by atoms with Gasteiger partial charge in [0.15, 0.2) is 16.1 Å². The van der Waals surface area contributed by atoms with E-state index in [4.69, 9.17) is 23.2 Å². The van der Waals surface area contributed by atoms with E-state index in [0.717, 1.165) is 23.9 Å². The fourth-order valence-electron chi connectivity index (χ4n) is 3.09. The molecule has 0 saturated heterocycles. The Hall–Kier alpha value is -3.13. The lowest BCUT2D eigenvalue weighted by atomic mass is 10.2. The van der Waals surface area contributed by atoms with Gasteiger partial charge < -0.3 is 10.6 Å². The van der Waals surface area contributed by atoms with Crippen LogP contribution in [0.25, 0.3) is 5.69 Å². The Kier molecular flexibility index (Phi) is 8.37. The first-order valence-electron chi connectivity index (χ1n) is 10.3. The fourth-order valence-corrected chi connectivity index (χ4v) is 4.78. The minimum atomic E-state index is -4.58. The monoisotopic (exact) mass is 586 g/mol. The summed E-state index contributed by atoms with van der Waals surface area (Å²) in [6.07, 6.45) is -3.04. The maximum absolute atomic E-state index is 13.4.